The summed E-state index contributed by atoms with van der Waals surface area (Å²) in [5.74, 6) is 0.323. The number of nitrogens with zero attached hydrogens (tertiary/aromatic N) is 1. The standard InChI is InChI=1S/C10H17NO2/c1-9(12)8-10(2-3-10)11-4-6-13-7-5-11/h2-8H2,1H3. The second kappa shape index (κ2) is 3.39. The third-order valence-electron chi connectivity index (χ3n) is 3.09. The summed E-state index contributed by atoms with van der Waals surface area (Å²) in [4.78, 5) is 13.5. The molecule has 2 rings (SSSR count). The average Bonchev–Trinajstić information content (AvgIpc) is 2.86. The van der Waals surface area contributed by atoms with Crippen LogP contribution in [-0.2, 0) is 9.53 Å². The smallest absolute Gasteiger partial charge is 0.131 e. The fraction of sp³-hybridized carbons (Fsp3) is 0.900. The minimum atomic E-state index is 0.246. The van der Waals surface area contributed by atoms with E-state index in [1.165, 1.54) is 12.8 Å². The summed E-state index contributed by atoms with van der Waals surface area (Å²) >= 11 is 0. The molecular weight excluding hydrogens is 166 g/mol. The Bertz CT molecular complexity index is 205. The average molecular weight is 183 g/mol. The van der Waals surface area contributed by atoms with Crippen LogP contribution in [-0.4, -0.2) is 42.5 Å². The molecule has 3 nitrogen and oxygen atoms in total. The van der Waals surface area contributed by atoms with Gasteiger partial charge < -0.3 is 4.74 Å². The molecule has 3 heteroatoms. The van der Waals surface area contributed by atoms with Gasteiger partial charge in [-0.2, -0.15) is 0 Å². The molecule has 0 radical (unpaired) electrons. The number of carbonyl (C=O) groups excluding carboxylic acids is 1. The second-order valence-electron chi connectivity index (χ2n) is 4.20. The number of ketones is 1. The molecule has 0 aromatic carbocycles. The highest BCUT2D eigenvalue weighted by atomic mass is 16.5. The normalized spacial score (nSPS) is 27.2. The Labute approximate surface area is 79.0 Å². The lowest BCUT2D eigenvalue weighted by atomic mass is 10.1. The first-order chi connectivity index (χ1) is 6.23. The van der Waals surface area contributed by atoms with Crippen LogP contribution in [0.25, 0.3) is 0 Å². The minimum Gasteiger partial charge on any atom is -0.379 e. The molecule has 1 heterocycles. The van der Waals surface area contributed by atoms with Gasteiger partial charge in [-0.1, -0.05) is 0 Å². The van der Waals surface area contributed by atoms with Crippen LogP contribution in [0.15, 0.2) is 0 Å². The predicted molar refractivity (Wildman–Crippen MR) is 49.7 cm³/mol. The van der Waals surface area contributed by atoms with Crippen molar-refractivity contribution in [1.82, 2.24) is 4.90 Å². The first-order valence-corrected chi connectivity index (χ1v) is 5.05. The molecule has 0 atom stereocenters. The topological polar surface area (TPSA) is 29.5 Å². The van der Waals surface area contributed by atoms with Crippen molar-refractivity contribution in [2.45, 2.75) is 31.7 Å². The van der Waals surface area contributed by atoms with Gasteiger partial charge in [0, 0.05) is 25.0 Å². The van der Waals surface area contributed by atoms with Crippen LogP contribution >= 0.6 is 0 Å². The van der Waals surface area contributed by atoms with E-state index in [-0.39, 0.29) is 5.54 Å². The van der Waals surface area contributed by atoms with Crippen LogP contribution in [0, 0.1) is 0 Å². The Kier molecular flexibility index (Phi) is 2.39. The minimum absolute atomic E-state index is 0.246. The molecule has 1 aliphatic carbocycles. The zero-order chi connectivity index (χ0) is 9.31. The molecule has 0 bridgehead atoms. The molecule has 0 N–H and O–H groups in total. The summed E-state index contributed by atoms with van der Waals surface area (Å²) in [6.45, 7) is 5.38. The van der Waals surface area contributed by atoms with Gasteiger partial charge in [0.1, 0.15) is 5.78 Å². The Hall–Kier alpha value is -0.410. The van der Waals surface area contributed by atoms with E-state index in [0.29, 0.717) is 5.78 Å². The largest absolute Gasteiger partial charge is 0.379 e. The van der Waals surface area contributed by atoms with E-state index in [4.69, 9.17) is 4.74 Å². The van der Waals surface area contributed by atoms with Gasteiger partial charge >= 0.3 is 0 Å². The van der Waals surface area contributed by atoms with Crippen LogP contribution < -0.4 is 0 Å². The number of hydrogen-bond donors (Lipinski definition) is 0. The van der Waals surface area contributed by atoms with Gasteiger partial charge in [-0.3, -0.25) is 9.69 Å². The molecule has 1 saturated carbocycles. The van der Waals surface area contributed by atoms with Crippen LogP contribution in [0.4, 0.5) is 0 Å². The summed E-state index contributed by atoms with van der Waals surface area (Å²) in [6, 6.07) is 0. The molecule has 2 aliphatic rings. The molecule has 0 unspecified atom stereocenters. The molecule has 74 valence electrons. The quantitative estimate of drug-likeness (QED) is 0.649. The number of hydrogen-bond acceptors (Lipinski definition) is 3. The fourth-order valence-corrected chi connectivity index (χ4v) is 2.25. The van der Waals surface area contributed by atoms with Crippen LogP contribution in [0.5, 0.6) is 0 Å². The Balaban J connectivity index is 1.93. The van der Waals surface area contributed by atoms with Gasteiger partial charge in [0.15, 0.2) is 0 Å². The van der Waals surface area contributed by atoms with E-state index in [1.807, 2.05) is 0 Å². The van der Waals surface area contributed by atoms with E-state index in [9.17, 15) is 4.79 Å². The van der Waals surface area contributed by atoms with Gasteiger partial charge in [0.05, 0.1) is 13.2 Å². The molecule has 13 heavy (non-hydrogen) atoms. The molecule has 0 aromatic heterocycles. The van der Waals surface area contributed by atoms with Crippen molar-refractivity contribution in [1.29, 1.82) is 0 Å². The molecule has 2 fully saturated rings. The van der Waals surface area contributed by atoms with Crippen molar-refractivity contribution in [3.8, 4) is 0 Å². The second-order valence-corrected chi connectivity index (χ2v) is 4.20. The van der Waals surface area contributed by atoms with Crippen molar-refractivity contribution in [3.63, 3.8) is 0 Å². The molecule has 0 amide bonds. The lowest BCUT2D eigenvalue weighted by Gasteiger charge is -2.34. The lowest BCUT2D eigenvalue weighted by Crippen LogP contribution is -2.45. The van der Waals surface area contributed by atoms with Crippen molar-refractivity contribution in [2.24, 2.45) is 0 Å². The maximum Gasteiger partial charge on any atom is 0.131 e. The molecule has 0 spiro atoms. The van der Waals surface area contributed by atoms with Gasteiger partial charge in [0.2, 0.25) is 0 Å². The third kappa shape index (κ3) is 1.92. The van der Waals surface area contributed by atoms with E-state index in [1.54, 1.807) is 6.92 Å². The van der Waals surface area contributed by atoms with Gasteiger partial charge in [-0.15, -0.1) is 0 Å². The van der Waals surface area contributed by atoms with Crippen LogP contribution in [0.3, 0.4) is 0 Å². The first kappa shape index (κ1) is 9.16. The van der Waals surface area contributed by atoms with Crippen molar-refractivity contribution in [2.75, 3.05) is 26.3 Å². The summed E-state index contributed by atoms with van der Waals surface area (Å²) < 4.78 is 5.30. The van der Waals surface area contributed by atoms with E-state index in [0.717, 1.165) is 32.7 Å². The fourth-order valence-electron chi connectivity index (χ4n) is 2.25. The number of Topliss-reactive ketones (excluding diaryl/α,β-unsaturated/α-hetero) is 1. The van der Waals surface area contributed by atoms with Gasteiger partial charge in [-0.05, 0) is 19.8 Å². The zero-order valence-corrected chi connectivity index (χ0v) is 8.21. The number of rotatable bonds is 3. The van der Waals surface area contributed by atoms with Crippen molar-refractivity contribution in [3.05, 3.63) is 0 Å². The molecule has 0 aromatic rings. The highest BCUT2D eigenvalue weighted by Gasteiger charge is 2.48. The van der Waals surface area contributed by atoms with E-state index >= 15 is 0 Å². The van der Waals surface area contributed by atoms with Crippen LogP contribution in [0.1, 0.15) is 26.2 Å². The van der Waals surface area contributed by atoms with Crippen molar-refractivity contribution < 1.29 is 9.53 Å². The van der Waals surface area contributed by atoms with Crippen LogP contribution in [0.2, 0.25) is 0 Å². The maximum absolute atomic E-state index is 11.1. The van der Waals surface area contributed by atoms with Crippen molar-refractivity contribution >= 4 is 5.78 Å². The van der Waals surface area contributed by atoms with E-state index in [2.05, 4.69) is 4.90 Å². The Morgan fingerprint density at radius 1 is 1.38 bits per heavy atom. The summed E-state index contributed by atoms with van der Waals surface area (Å²) in [6.07, 6.45) is 3.14. The summed E-state index contributed by atoms with van der Waals surface area (Å²) in [7, 11) is 0. The predicted octanol–water partition coefficient (Wildman–Crippen LogP) is 0.830. The SMILES string of the molecule is CC(=O)CC1(N2CCOCC2)CC1. The molecule has 1 aliphatic heterocycles. The zero-order valence-electron chi connectivity index (χ0n) is 8.21. The highest BCUT2D eigenvalue weighted by molar-refractivity contribution is 5.77. The van der Waals surface area contributed by atoms with Gasteiger partial charge in [0.25, 0.3) is 0 Å². The monoisotopic (exact) mass is 183 g/mol. The number of ether oxygens (including phenoxy) is 1. The Morgan fingerprint density at radius 3 is 2.46 bits per heavy atom. The molecular formula is C10H17NO2. The first-order valence-electron chi connectivity index (χ1n) is 5.05. The van der Waals surface area contributed by atoms with Gasteiger partial charge in [-0.25, -0.2) is 0 Å². The maximum atomic E-state index is 11.1. The highest BCUT2D eigenvalue weighted by Crippen LogP contribution is 2.45. The summed E-state index contributed by atoms with van der Waals surface area (Å²) in [5, 5.41) is 0. The molecule has 1 saturated heterocycles. The summed E-state index contributed by atoms with van der Waals surface area (Å²) in [5.41, 5.74) is 0.246. The lowest BCUT2D eigenvalue weighted by molar-refractivity contribution is -0.119. The third-order valence-corrected chi connectivity index (χ3v) is 3.09. The Morgan fingerprint density at radius 2 is 2.00 bits per heavy atom. The number of carbonyl (C=O) groups is 1. The number of morpholine rings is 1. The van der Waals surface area contributed by atoms with E-state index < -0.39 is 0 Å².